The van der Waals surface area contributed by atoms with Crippen LogP contribution in [0.25, 0.3) is 0 Å². The first kappa shape index (κ1) is 93.7. The number of carbonyl (C=O) groups is 4. The molecule has 22 heteroatoms. The van der Waals surface area contributed by atoms with Crippen molar-refractivity contribution in [2.45, 2.75) is 350 Å². The third-order valence-corrected chi connectivity index (χ3v) is 20.8. The van der Waals surface area contributed by atoms with Gasteiger partial charge in [-0.25, -0.2) is 0 Å². The molecular formula is C78H140N12O6S4. The molecule has 0 atom stereocenters. The van der Waals surface area contributed by atoms with E-state index in [0.29, 0.717) is 11.6 Å². The number of carboxylic acids is 2. The van der Waals surface area contributed by atoms with E-state index in [1.807, 2.05) is 42.3 Å². The van der Waals surface area contributed by atoms with Gasteiger partial charge in [0.15, 0.2) is 0 Å². The Kier molecular flexibility index (Phi) is 67.2. The Morgan fingerprint density at radius 2 is 0.520 bits per heavy atom. The maximum atomic E-state index is 10.8. The van der Waals surface area contributed by atoms with Crippen LogP contribution in [0.15, 0.2) is 49.1 Å². The number of nitrogens with zero attached hydrogens (tertiary/aromatic N) is 12. The van der Waals surface area contributed by atoms with Crippen molar-refractivity contribution in [3.8, 4) is 0 Å². The van der Waals surface area contributed by atoms with E-state index in [9.17, 15) is 19.2 Å². The molecule has 4 aromatic rings. The van der Waals surface area contributed by atoms with E-state index in [2.05, 4.69) is 118 Å². The molecule has 4 aromatic heterocycles. The number of aromatic nitrogens is 12. The van der Waals surface area contributed by atoms with Crippen molar-refractivity contribution in [1.82, 2.24) is 60.0 Å². The van der Waals surface area contributed by atoms with Crippen molar-refractivity contribution in [2.24, 2.45) is 0 Å². The molecule has 18 nitrogen and oxygen atoms in total. The third-order valence-electron chi connectivity index (χ3n) is 16.5. The number of carbonyl (C=O) groups excluding carboxylic acids is 2. The quantitative estimate of drug-likeness (QED) is 0.0309. The number of allylic oxidation sites excluding steroid dienone is 4. The molecule has 0 aliphatic carbocycles. The number of hydrogen-bond acceptors (Lipinski definition) is 16. The molecule has 0 unspecified atom stereocenters. The molecule has 0 bridgehead atoms. The number of thioether (sulfide) groups is 4. The number of carboxylic acid groups (broad SMARTS) is 2. The fourth-order valence-corrected chi connectivity index (χ4v) is 14.7. The van der Waals surface area contributed by atoms with E-state index in [1.165, 1.54) is 204 Å². The van der Waals surface area contributed by atoms with Crippen LogP contribution >= 0.6 is 47.0 Å². The number of rotatable bonds is 66. The van der Waals surface area contributed by atoms with Gasteiger partial charge in [-0.2, -0.15) is 47.0 Å². The van der Waals surface area contributed by atoms with Crippen LogP contribution in [0.1, 0.15) is 321 Å². The standard InChI is InChI=1S/2C21H37N3O2S.2C18H33N3OS/c2*1-2-16-24-19-20(22-23-24)14-12-10-8-6-4-3-5-7-9-11-13-17-27-18-15-21(25)26;2*1-3-13-21-16-18(19-20-21)11-9-7-5-4-6-8-10-14-23-15-12-17(2)22/h2*5,7,19H,2-4,6,8-18H2,1H3,(H,25,26);2*16H,3-15H2,1-2H3/b2*7-5-;;. The van der Waals surface area contributed by atoms with Crippen LogP contribution in [0, 0.1) is 0 Å². The average Bonchev–Trinajstić information content (AvgIpc) is 1.91. The minimum absolute atomic E-state index is 0.283. The first-order chi connectivity index (χ1) is 48.9. The van der Waals surface area contributed by atoms with Crippen molar-refractivity contribution < 1.29 is 29.4 Å². The van der Waals surface area contributed by atoms with Gasteiger partial charge in [-0.3, -0.25) is 37.9 Å². The van der Waals surface area contributed by atoms with E-state index < -0.39 is 11.9 Å². The summed E-state index contributed by atoms with van der Waals surface area (Å²) in [5, 5.41) is 50.5. The van der Waals surface area contributed by atoms with Gasteiger partial charge >= 0.3 is 11.9 Å². The van der Waals surface area contributed by atoms with Crippen molar-refractivity contribution in [2.75, 3.05) is 46.0 Å². The fourth-order valence-electron chi connectivity index (χ4n) is 10.7. The lowest BCUT2D eigenvalue weighted by Crippen LogP contribution is -1.96. The second-order valence-electron chi connectivity index (χ2n) is 26.5. The van der Waals surface area contributed by atoms with Gasteiger partial charge in [-0.05, 0) is 191 Å². The fraction of sp³-hybridized carbons (Fsp3) is 0.795. The minimum Gasteiger partial charge on any atom is -0.481 e. The van der Waals surface area contributed by atoms with Gasteiger partial charge in [-0.15, -0.1) is 20.4 Å². The molecule has 0 aliphatic rings. The Bertz CT molecular complexity index is 2390. The van der Waals surface area contributed by atoms with E-state index in [1.54, 1.807) is 37.4 Å². The molecule has 2 N–H and O–H groups in total. The van der Waals surface area contributed by atoms with Crippen LogP contribution < -0.4 is 0 Å². The molecule has 0 saturated heterocycles. The van der Waals surface area contributed by atoms with E-state index in [4.69, 9.17) is 10.2 Å². The van der Waals surface area contributed by atoms with Crippen LogP contribution in [-0.4, -0.2) is 140 Å². The molecule has 0 radical (unpaired) electrons. The number of ketones is 2. The zero-order valence-corrected chi connectivity index (χ0v) is 67.0. The number of aliphatic carboxylic acids is 2. The van der Waals surface area contributed by atoms with Gasteiger partial charge in [-0.1, -0.05) is 176 Å². The maximum Gasteiger partial charge on any atom is 0.304 e. The van der Waals surface area contributed by atoms with Crippen LogP contribution in [-0.2, 0) is 71.0 Å². The monoisotopic (exact) mass is 1470 g/mol. The summed E-state index contributed by atoms with van der Waals surface area (Å²) in [6.45, 7) is 15.9. The number of hydrogen-bond donors (Lipinski definition) is 2. The molecule has 0 aromatic carbocycles. The Balaban J connectivity index is 0.000000669. The van der Waals surface area contributed by atoms with Crippen molar-refractivity contribution in [1.29, 1.82) is 0 Å². The summed E-state index contributed by atoms with van der Waals surface area (Å²) in [6.07, 6.45) is 68.9. The Morgan fingerprint density at radius 3 is 0.760 bits per heavy atom. The van der Waals surface area contributed by atoms with Crippen LogP contribution in [0.2, 0.25) is 0 Å². The highest BCUT2D eigenvalue weighted by molar-refractivity contribution is 7.99. The highest BCUT2D eigenvalue weighted by Crippen LogP contribution is 2.17. The molecule has 0 saturated carbocycles. The lowest BCUT2D eigenvalue weighted by atomic mass is 10.1. The molecule has 0 spiro atoms. The number of unbranched alkanes of at least 4 members (excludes halogenated alkanes) is 26. The van der Waals surface area contributed by atoms with E-state index in [-0.39, 0.29) is 12.8 Å². The Hall–Kier alpha value is -4.28. The van der Waals surface area contributed by atoms with Crippen LogP contribution in [0.4, 0.5) is 0 Å². The molecule has 0 aliphatic heterocycles. The largest absolute Gasteiger partial charge is 0.481 e. The molecule has 100 heavy (non-hydrogen) atoms. The first-order valence-corrected chi connectivity index (χ1v) is 44.1. The first-order valence-electron chi connectivity index (χ1n) is 39.5. The maximum absolute atomic E-state index is 10.8. The molecule has 4 heterocycles. The summed E-state index contributed by atoms with van der Waals surface area (Å²) in [6, 6.07) is 0. The zero-order valence-electron chi connectivity index (χ0n) is 63.7. The van der Waals surface area contributed by atoms with Gasteiger partial charge in [0.1, 0.15) is 11.6 Å². The molecule has 572 valence electrons. The second-order valence-corrected chi connectivity index (χ2v) is 31.4. The van der Waals surface area contributed by atoms with Gasteiger partial charge in [0, 0.05) is 86.8 Å². The van der Waals surface area contributed by atoms with Gasteiger partial charge in [0.25, 0.3) is 0 Å². The Labute approximate surface area is 624 Å². The summed E-state index contributed by atoms with van der Waals surface area (Å²) >= 11 is 7.34. The lowest BCUT2D eigenvalue weighted by molar-refractivity contribution is -0.137. The normalized spacial score (nSPS) is 11.3. The van der Waals surface area contributed by atoms with Crippen LogP contribution in [0.3, 0.4) is 0 Å². The zero-order chi connectivity index (χ0) is 72.7. The van der Waals surface area contributed by atoms with Crippen molar-refractivity contribution >= 4 is 70.6 Å². The summed E-state index contributed by atoms with van der Waals surface area (Å²) in [5.41, 5.74) is 4.54. The van der Waals surface area contributed by atoms with Gasteiger partial charge < -0.3 is 10.2 Å². The SMILES string of the molecule is CCCn1cc(CCCCCCC/C=C\CCCCSCCC(=O)O)nn1.CCCn1cc(CCCCCCC/C=C\CCCCSCCC(=O)O)nn1.CCCn1cc(CCCCCCCCCSCCC(C)=O)nn1.CCCn1cc(CCCCCCCCCSCCC(C)=O)nn1. The smallest absolute Gasteiger partial charge is 0.304 e. The second kappa shape index (κ2) is 71.7. The minimum atomic E-state index is -0.693. The average molecular weight is 1470 g/mol. The number of aryl methyl sites for hydroxylation is 8. The highest BCUT2D eigenvalue weighted by Gasteiger charge is 2.06. The lowest BCUT2D eigenvalue weighted by Gasteiger charge is -2.02. The summed E-state index contributed by atoms with van der Waals surface area (Å²) in [5.74, 6) is 7.29. The highest BCUT2D eigenvalue weighted by atomic mass is 32.2. The molecule has 0 amide bonds. The van der Waals surface area contributed by atoms with Gasteiger partial charge in [0.2, 0.25) is 0 Å². The van der Waals surface area contributed by atoms with E-state index in [0.717, 1.165) is 161 Å². The third kappa shape index (κ3) is 64.6. The van der Waals surface area contributed by atoms with Gasteiger partial charge in [0.05, 0.1) is 35.6 Å². The molecular weight excluding hydrogens is 1330 g/mol. The predicted octanol–water partition coefficient (Wildman–Crippen LogP) is 20.4. The van der Waals surface area contributed by atoms with Crippen molar-refractivity contribution in [3.63, 3.8) is 0 Å². The topological polar surface area (TPSA) is 232 Å². The van der Waals surface area contributed by atoms with Crippen molar-refractivity contribution in [3.05, 3.63) is 71.9 Å². The van der Waals surface area contributed by atoms with E-state index >= 15 is 0 Å². The number of Topliss-reactive ketones (excluding diaryl/α,β-unsaturated/α-hetero) is 2. The summed E-state index contributed by atoms with van der Waals surface area (Å²) in [4.78, 5) is 42.4. The summed E-state index contributed by atoms with van der Waals surface area (Å²) < 4.78 is 7.79. The molecule has 4 rings (SSSR count). The Morgan fingerprint density at radius 1 is 0.310 bits per heavy atom. The molecule has 0 fully saturated rings. The predicted molar refractivity (Wildman–Crippen MR) is 426 cm³/mol. The summed E-state index contributed by atoms with van der Waals surface area (Å²) in [7, 11) is 0. The van der Waals surface area contributed by atoms with Crippen LogP contribution in [0.5, 0.6) is 0 Å².